The molecule has 1 amide bonds. The topological polar surface area (TPSA) is 72.8 Å². The molecule has 26 heavy (non-hydrogen) atoms. The first-order valence-electron chi connectivity index (χ1n) is 10.1. The van der Waals surface area contributed by atoms with Crippen LogP contribution in [0, 0.1) is 23.7 Å². The van der Waals surface area contributed by atoms with Gasteiger partial charge in [0.1, 0.15) is 0 Å². The number of amides is 1. The first-order chi connectivity index (χ1) is 12.5. The van der Waals surface area contributed by atoms with Crippen LogP contribution in [0.25, 0.3) is 0 Å². The van der Waals surface area contributed by atoms with E-state index in [2.05, 4.69) is 11.4 Å². The van der Waals surface area contributed by atoms with Crippen molar-refractivity contribution in [2.24, 2.45) is 23.7 Å². The highest BCUT2D eigenvalue weighted by Gasteiger charge is 2.45. The second-order valence-electron chi connectivity index (χ2n) is 8.60. The minimum absolute atomic E-state index is 0.0668. The van der Waals surface area contributed by atoms with Crippen LogP contribution in [0.4, 0.5) is 0 Å². The van der Waals surface area contributed by atoms with Crippen molar-refractivity contribution < 1.29 is 15.0 Å². The van der Waals surface area contributed by atoms with Gasteiger partial charge in [-0.25, -0.2) is 0 Å². The highest BCUT2D eigenvalue weighted by atomic mass is 16.3. The van der Waals surface area contributed by atoms with Crippen molar-refractivity contribution in [1.82, 2.24) is 10.2 Å². The summed E-state index contributed by atoms with van der Waals surface area (Å²) in [4.78, 5) is 13.2. The maximum atomic E-state index is 11.6. The molecule has 3 N–H and O–H groups in total. The Balaban J connectivity index is 1.54. The summed E-state index contributed by atoms with van der Waals surface area (Å²) in [5.41, 5.74) is 1.34. The molecule has 0 aromatic rings. The Morgan fingerprint density at radius 1 is 1.31 bits per heavy atom. The van der Waals surface area contributed by atoms with E-state index >= 15 is 0 Å². The van der Waals surface area contributed by atoms with Crippen LogP contribution < -0.4 is 5.32 Å². The lowest BCUT2D eigenvalue weighted by molar-refractivity contribution is -0.127. The second-order valence-corrected chi connectivity index (χ2v) is 8.60. The lowest BCUT2D eigenvalue weighted by Crippen LogP contribution is -2.30. The van der Waals surface area contributed by atoms with Gasteiger partial charge in [0.25, 0.3) is 0 Å². The molecule has 0 saturated heterocycles. The lowest BCUT2D eigenvalue weighted by atomic mass is 9.89. The molecule has 3 saturated carbocycles. The molecular weight excluding hydrogens is 328 g/mol. The van der Waals surface area contributed by atoms with Crippen LogP contribution in [0.2, 0.25) is 0 Å². The van der Waals surface area contributed by atoms with Crippen LogP contribution in [-0.4, -0.2) is 53.9 Å². The molecule has 0 heterocycles. The number of carbonyl (C=O) groups is 1. The smallest absolute Gasteiger partial charge is 0.241 e. The summed E-state index contributed by atoms with van der Waals surface area (Å²) in [6.07, 6.45) is 12.9. The zero-order valence-corrected chi connectivity index (χ0v) is 16.1. The van der Waals surface area contributed by atoms with E-state index in [0.29, 0.717) is 24.3 Å². The van der Waals surface area contributed by atoms with Gasteiger partial charge >= 0.3 is 0 Å². The fourth-order valence-electron chi connectivity index (χ4n) is 5.03. The summed E-state index contributed by atoms with van der Waals surface area (Å²) in [5.74, 6) is 1.58. The molecule has 5 nitrogen and oxygen atoms in total. The first kappa shape index (κ1) is 19.4. The normalized spacial score (nSPS) is 34.5. The van der Waals surface area contributed by atoms with Gasteiger partial charge in [-0.2, -0.15) is 0 Å². The van der Waals surface area contributed by atoms with Crippen molar-refractivity contribution in [1.29, 1.82) is 0 Å². The molecule has 3 aliphatic rings. The minimum Gasteiger partial charge on any atom is -0.392 e. The van der Waals surface area contributed by atoms with Gasteiger partial charge in [0.15, 0.2) is 0 Å². The molecule has 0 bridgehead atoms. The Kier molecular flexibility index (Phi) is 6.41. The summed E-state index contributed by atoms with van der Waals surface area (Å²) < 4.78 is 0. The number of hydrogen-bond acceptors (Lipinski definition) is 4. The number of nitrogens with zero attached hydrogens (tertiary/aromatic N) is 1. The zero-order valence-electron chi connectivity index (χ0n) is 16.1. The summed E-state index contributed by atoms with van der Waals surface area (Å²) >= 11 is 0. The number of fused-ring (bicyclic) bond motifs is 1. The van der Waals surface area contributed by atoms with Crippen molar-refractivity contribution in [2.45, 2.75) is 57.2 Å². The van der Waals surface area contributed by atoms with Crippen molar-refractivity contribution in [3.8, 4) is 0 Å². The van der Waals surface area contributed by atoms with Gasteiger partial charge in [0, 0.05) is 20.0 Å². The summed E-state index contributed by atoms with van der Waals surface area (Å²) in [7, 11) is 3.52. The van der Waals surface area contributed by atoms with Crippen LogP contribution in [0.3, 0.4) is 0 Å². The Bertz CT molecular complexity index is 551. The lowest BCUT2D eigenvalue weighted by Gasteiger charge is -2.19. The molecule has 146 valence electrons. The van der Waals surface area contributed by atoms with Gasteiger partial charge in [0.05, 0.1) is 18.8 Å². The monoisotopic (exact) mass is 362 g/mol. The predicted octanol–water partition coefficient (Wildman–Crippen LogP) is 2.06. The van der Waals surface area contributed by atoms with E-state index in [4.69, 9.17) is 0 Å². The molecule has 0 aliphatic heterocycles. The molecule has 3 aliphatic carbocycles. The second kappa shape index (κ2) is 8.57. The maximum absolute atomic E-state index is 11.6. The Morgan fingerprint density at radius 3 is 2.73 bits per heavy atom. The number of nitrogens with one attached hydrogen (secondary N) is 1. The van der Waals surface area contributed by atoms with Crippen molar-refractivity contribution in [3.05, 3.63) is 23.9 Å². The number of likely N-dealkylation sites (N-methyl/N-ethyl adjacent to an activating group) is 1. The van der Waals surface area contributed by atoms with Crippen molar-refractivity contribution in [3.63, 3.8) is 0 Å². The molecule has 0 unspecified atom stereocenters. The summed E-state index contributed by atoms with van der Waals surface area (Å²) in [6, 6.07) is 0. The fourth-order valence-corrected chi connectivity index (χ4v) is 5.03. The third-order valence-electron chi connectivity index (χ3n) is 6.58. The van der Waals surface area contributed by atoms with Crippen molar-refractivity contribution in [2.75, 3.05) is 20.6 Å². The number of rotatable bonds is 6. The van der Waals surface area contributed by atoms with E-state index in [0.717, 1.165) is 32.1 Å². The fraction of sp³-hybridized carbons (Fsp3) is 0.762. The molecule has 5 atom stereocenters. The molecule has 0 aromatic carbocycles. The number of hydrogen-bond donors (Lipinski definition) is 3. The molecule has 0 radical (unpaired) electrons. The van der Waals surface area contributed by atoms with Crippen LogP contribution in [-0.2, 0) is 4.79 Å². The van der Waals surface area contributed by atoms with Gasteiger partial charge in [-0.1, -0.05) is 30.6 Å². The Labute approximate surface area is 157 Å². The molecular formula is C21H34N2O3. The largest absolute Gasteiger partial charge is 0.392 e. The van der Waals surface area contributed by atoms with E-state index < -0.39 is 0 Å². The van der Waals surface area contributed by atoms with Crippen molar-refractivity contribution >= 4 is 5.91 Å². The number of aliphatic hydroxyl groups is 2. The minimum atomic E-state index is -0.362. The number of carbonyl (C=O) groups excluding carboxylic acids is 1. The predicted molar refractivity (Wildman–Crippen MR) is 102 cm³/mol. The quantitative estimate of drug-likeness (QED) is 0.633. The molecule has 3 fully saturated rings. The van der Waals surface area contributed by atoms with Gasteiger partial charge < -0.3 is 20.4 Å². The highest BCUT2D eigenvalue weighted by Crippen LogP contribution is 2.50. The Morgan fingerprint density at radius 2 is 2.04 bits per heavy atom. The summed E-state index contributed by atoms with van der Waals surface area (Å²) in [6.45, 7) is 0.325. The van der Waals surface area contributed by atoms with E-state index in [1.807, 2.05) is 12.3 Å². The van der Waals surface area contributed by atoms with E-state index in [1.54, 1.807) is 19.0 Å². The average Bonchev–Trinajstić information content (AvgIpc) is 3.29. The number of aliphatic hydroxyl groups excluding tert-OH is 2. The molecule has 5 heteroatoms. The van der Waals surface area contributed by atoms with Gasteiger partial charge in [0.2, 0.25) is 5.91 Å². The zero-order chi connectivity index (χ0) is 18.7. The standard InChI is InChI=1S/C21H34N2O3/c1-23(2)21(26)13-22-12-14-9-16-11-20(25)17(18(16)10-14)7-8-19(24)15-5-3-4-6-15/h7-8,12,15-20,22,24-25H,3-6,9-11,13H2,1-2H3/b8-7+,14-12?/t16-,17+,18-,19-,20+/m0/s1. The van der Waals surface area contributed by atoms with Gasteiger partial charge in [-0.3, -0.25) is 4.79 Å². The Hall–Kier alpha value is -1.33. The van der Waals surface area contributed by atoms with Crippen LogP contribution in [0.15, 0.2) is 23.9 Å². The molecule has 0 aromatic heterocycles. The third kappa shape index (κ3) is 4.49. The number of allylic oxidation sites excluding steroid dienone is 1. The maximum Gasteiger partial charge on any atom is 0.241 e. The van der Waals surface area contributed by atoms with Gasteiger partial charge in [-0.05, 0) is 56.1 Å². The van der Waals surface area contributed by atoms with E-state index in [-0.39, 0.29) is 24.0 Å². The van der Waals surface area contributed by atoms with Crippen LogP contribution >= 0.6 is 0 Å². The molecule has 3 rings (SSSR count). The van der Waals surface area contributed by atoms with Crippen LogP contribution in [0.5, 0.6) is 0 Å². The SMILES string of the molecule is CN(C)C(=O)CNC=C1C[C@H]2C[C@@H](O)[C@H](/C=C/[C@H](O)C3CCCC3)[C@H]2C1. The van der Waals surface area contributed by atoms with E-state index in [9.17, 15) is 15.0 Å². The highest BCUT2D eigenvalue weighted by molar-refractivity contribution is 5.77. The van der Waals surface area contributed by atoms with E-state index in [1.165, 1.54) is 18.4 Å². The average molecular weight is 363 g/mol. The first-order valence-corrected chi connectivity index (χ1v) is 10.1. The third-order valence-corrected chi connectivity index (χ3v) is 6.58. The van der Waals surface area contributed by atoms with Gasteiger partial charge in [-0.15, -0.1) is 0 Å². The summed E-state index contributed by atoms with van der Waals surface area (Å²) in [5, 5.41) is 24.0. The van der Waals surface area contributed by atoms with Crippen LogP contribution in [0.1, 0.15) is 44.9 Å². The molecule has 0 spiro atoms.